The fourth-order valence-electron chi connectivity index (χ4n) is 4.12. The summed E-state index contributed by atoms with van der Waals surface area (Å²) in [4.78, 5) is 43.3. The molecule has 1 aliphatic rings. The number of hydrogen-bond acceptors (Lipinski definition) is 9. The Balaban J connectivity index is 1.96. The molecule has 9 nitrogen and oxygen atoms in total. The van der Waals surface area contributed by atoms with Gasteiger partial charge in [-0.05, 0) is 55.8 Å². The van der Waals surface area contributed by atoms with E-state index in [0.29, 0.717) is 43.4 Å². The first-order valence-corrected chi connectivity index (χ1v) is 12.3. The van der Waals surface area contributed by atoms with Gasteiger partial charge in [0.25, 0.3) is 5.56 Å². The third-order valence-corrected chi connectivity index (χ3v) is 6.65. The van der Waals surface area contributed by atoms with Crippen LogP contribution in [0.5, 0.6) is 17.2 Å². The Morgan fingerprint density at radius 2 is 1.89 bits per heavy atom. The summed E-state index contributed by atoms with van der Waals surface area (Å²) in [5.41, 5.74) is 1.57. The predicted octanol–water partition coefficient (Wildman–Crippen LogP) is 2.74. The number of benzene rings is 2. The normalized spacial score (nSPS) is 15.1. The van der Waals surface area contributed by atoms with Gasteiger partial charge in [0.15, 0.2) is 4.80 Å². The molecule has 1 atom stereocenters. The van der Waals surface area contributed by atoms with Crippen LogP contribution in [0, 0.1) is 0 Å². The number of carbonyl (C=O) groups excluding carboxylic acids is 2. The Bertz CT molecular complexity index is 1580. The molecule has 0 radical (unpaired) electrons. The van der Waals surface area contributed by atoms with E-state index in [1.807, 2.05) is 0 Å². The summed E-state index contributed by atoms with van der Waals surface area (Å²) in [6.07, 6.45) is 1.69. The van der Waals surface area contributed by atoms with Gasteiger partial charge < -0.3 is 18.9 Å². The number of aromatic nitrogens is 1. The molecular formula is C27H26N2O7S. The molecule has 0 fully saturated rings. The van der Waals surface area contributed by atoms with Gasteiger partial charge in [-0.3, -0.25) is 14.2 Å². The van der Waals surface area contributed by atoms with Crippen molar-refractivity contribution in [2.75, 3.05) is 20.8 Å². The van der Waals surface area contributed by atoms with Crippen LogP contribution in [-0.2, 0) is 14.3 Å². The van der Waals surface area contributed by atoms with Crippen LogP contribution >= 0.6 is 11.3 Å². The smallest absolute Gasteiger partial charge is 0.338 e. The Kier molecular flexibility index (Phi) is 7.58. The molecule has 0 spiro atoms. The van der Waals surface area contributed by atoms with E-state index in [4.69, 9.17) is 18.9 Å². The van der Waals surface area contributed by atoms with Crippen LogP contribution in [0.3, 0.4) is 0 Å². The minimum Gasteiger partial charge on any atom is -0.497 e. The first-order chi connectivity index (χ1) is 17.8. The molecule has 0 N–H and O–H groups in total. The Morgan fingerprint density at radius 1 is 1.11 bits per heavy atom. The van der Waals surface area contributed by atoms with Crippen molar-refractivity contribution < 1.29 is 28.5 Å². The summed E-state index contributed by atoms with van der Waals surface area (Å²) in [5, 5.41) is 0. The summed E-state index contributed by atoms with van der Waals surface area (Å²) in [6, 6.07) is 11.2. The van der Waals surface area contributed by atoms with Crippen LogP contribution < -0.4 is 29.1 Å². The highest BCUT2D eigenvalue weighted by Crippen LogP contribution is 2.37. The number of ether oxygens (including phenoxy) is 4. The molecule has 3 aromatic rings. The number of allylic oxidation sites excluding steroid dienone is 1. The zero-order chi connectivity index (χ0) is 26.7. The van der Waals surface area contributed by atoms with Crippen LogP contribution in [-0.4, -0.2) is 37.3 Å². The molecule has 0 amide bonds. The second kappa shape index (κ2) is 10.8. The van der Waals surface area contributed by atoms with Crippen molar-refractivity contribution in [3.63, 3.8) is 0 Å². The molecule has 0 bridgehead atoms. The first-order valence-electron chi connectivity index (χ1n) is 11.5. The molecule has 0 aliphatic carbocycles. The van der Waals surface area contributed by atoms with Crippen molar-refractivity contribution in [3.8, 4) is 17.2 Å². The van der Waals surface area contributed by atoms with Crippen molar-refractivity contribution >= 4 is 29.4 Å². The monoisotopic (exact) mass is 522 g/mol. The van der Waals surface area contributed by atoms with E-state index in [0.717, 1.165) is 0 Å². The van der Waals surface area contributed by atoms with Gasteiger partial charge in [0.2, 0.25) is 0 Å². The zero-order valence-corrected chi connectivity index (χ0v) is 21.9. The number of carbonyl (C=O) groups is 2. The van der Waals surface area contributed by atoms with Crippen LogP contribution in [0.2, 0.25) is 0 Å². The Labute approximate surface area is 216 Å². The van der Waals surface area contributed by atoms with E-state index < -0.39 is 18.0 Å². The van der Waals surface area contributed by atoms with Crippen LogP contribution in [0.25, 0.3) is 6.08 Å². The summed E-state index contributed by atoms with van der Waals surface area (Å²) >= 11 is 1.19. The Hall–Kier alpha value is -4.18. The number of methoxy groups -OCH3 is 2. The third kappa shape index (κ3) is 5.19. The van der Waals surface area contributed by atoms with E-state index in [2.05, 4.69) is 4.99 Å². The van der Waals surface area contributed by atoms with E-state index >= 15 is 0 Å². The average molecular weight is 523 g/mol. The molecule has 0 saturated carbocycles. The number of esters is 2. The predicted molar refractivity (Wildman–Crippen MR) is 138 cm³/mol. The fourth-order valence-corrected chi connectivity index (χ4v) is 5.17. The number of rotatable bonds is 7. The highest BCUT2D eigenvalue weighted by atomic mass is 32.1. The van der Waals surface area contributed by atoms with Gasteiger partial charge in [-0.2, -0.15) is 0 Å². The molecule has 2 aromatic carbocycles. The second-order valence-corrected chi connectivity index (χ2v) is 9.09. The molecule has 1 aromatic heterocycles. The number of hydrogen-bond donors (Lipinski definition) is 0. The molecule has 10 heteroatoms. The lowest BCUT2D eigenvalue weighted by Gasteiger charge is -2.26. The van der Waals surface area contributed by atoms with Crippen molar-refractivity contribution in [1.29, 1.82) is 0 Å². The van der Waals surface area contributed by atoms with Crippen molar-refractivity contribution in [3.05, 3.63) is 84.5 Å². The summed E-state index contributed by atoms with van der Waals surface area (Å²) in [5.74, 6) is 0.380. The summed E-state index contributed by atoms with van der Waals surface area (Å²) in [7, 11) is 3.06. The topological polar surface area (TPSA) is 105 Å². The summed E-state index contributed by atoms with van der Waals surface area (Å²) < 4.78 is 23.4. The molecular weight excluding hydrogens is 496 g/mol. The van der Waals surface area contributed by atoms with Gasteiger partial charge in [0.05, 0.1) is 36.6 Å². The molecule has 192 valence electrons. The van der Waals surface area contributed by atoms with Crippen molar-refractivity contribution in [2.45, 2.75) is 26.8 Å². The maximum absolute atomic E-state index is 13.8. The molecule has 0 saturated heterocycles. The molecule has 1 aliphatic heterocycles. The molecule has 37 heavy (non-hydrogen) atoms. The van der Waals surface area contributed by atoms with Gasteiger partial charge in [-0.1, -0.05) is 23.5 Å². The minimum absolute atomic E-state index is 0.167. The number of fused-ring (bicyclic) bond motifs is 1. The molecule has 4 rings (SSSR count). The Morgan fingerprint density at radius 3 is 2.57 bits per heavy atom. The fraction of sp³-hybridized carbons (Fsp3) is 0.259. The lowest BCUT2D eigenvalue weighted by atomic mass is 9.94. The van der Waals surface area contributed by atoms with Gasteiger partial charge in [-0.15, -0.1) is 0 Å². The largest absolute Gasteiger partial charge is 0.497 e. The lowest BCUT2D eigenvalue weighted by Crippen LogP contribution is -2.40. The van der Waals surface area contributed by atoms with E-state index in [-0.39, 0.29) is 17.7 Å². The van der Waals surface area contributed by atoms with Gasteiger partial charge in [0, 0.05) is 12.5 Å². The highest BCUT2D eigenvalue weighted by molar-refractivity contribution is 7.07. The van der Waals surface area contributed by atoms with Gasteiger partial charge in [0.1, 0.15) is 23.3 Å². The van der Waals surface area contributed by atoms with E-state index in [9.17, 15) is 14.4 Å². The lowest BCUT2D eigenvalue weighted by molar-refractivity contribution is -0.139. The highest BCUT2D eigenvalue weighted by Gasteiger charge is 2.35. The minimum atomic E-state index is -0.852. The van der Waals surface area contributed by atoms with Crippen molar-refractivity contribution in [1.82, 2.24) is 4.57 Å². The van der Waals surface area contributed by atoms with Crippen LogP contribution in [0.15, 0.2) is 63.5 Å². The SMILES string of the molecule is CCOC(=O)C1=C(C)N=c2s/c(=C\c3cccc(OC(C)=O)c3)c(=O)n2[C@@H]1c1cc(OC)ccc1OC. The number of nitrogens with zero attached hydrogens (tertiary/aromatic N) is 2. The van der Waals surface area contributed by atoms with Gasteiger partial charge >= 0.3 is 11.9 Å². The number of thiazole rings is 1. The average Bonchev–Trinajstić information content (AvgIpc) is 3.16. The van der Waals surface area contributed by atoms with Gasteiger partial charge in [-0.25, -0.2) is 9.79 Å². The van der Waals surface area contributed by atoms with Crippen LogP contribution in [0.4, 0.5) is 0 Å². The maximum atomic E-state index is 13.8. The standard InChI is InChI=1S/C27H26N2O7S/c1-6-35-26(32)23-15(2)28-27-29(24(23)20-14-18(33-4)10-11-21(20)34-5)25(31)22(37-27)13-17-8-7-9-19(12-17)36-16(3)30/h7-14,24H,6H2,1-5H3/b22-13-/t24-/m1/s1. The first kappa shape index (κ1) is 25.9. The van der Waals surface area contributed by atoms with Crippen molar-refractivity contribution in [2.24, 2.45) is 4.99 Å². The molecule has 2 heterocycles. The maximum Gasteiger partial charge on any atom is 0.338 e. The van der Waals surface area contributed by atoms with Crippen LogP contribution in [0.1, 0.15) is 37.9 Å². The zero-order valence-electron chi connectivity index (χ0n) is 21.1. The van der Waals surface area contributed by atoms with E-state index in [1.165, 1.54) is 37.0 Å². The second-order valence-electron chi connectivity index (χ2n) is 8.08. The quantitative estimate of drug-likeness (QED) is 0.347. The molecule has 0 unspecified atom stereocenters. The third-order valence-electron chi connectivity index (χ3n) is 5.67. The van der Waals surface area contributed by atoms with E-state index in [1.54, 1.807) is 62.4 Å². The summed E-state index contributed by atoms with van der Waals surface area (Å²) in [6.45, 7) is 4.92.